The van der Waals surface area contributed by atoms with Crippen LogP contribution in [0.3, 0.4) is 0 Å². The molecule has 4 aromatic rings. The van der Waals surface area contributed by atoms with Crippen LogP contribution in [0.25, 0.3) is 21.4 Å². The second-order valence-electron chi connectivity index (χ2n) is 9.53. The summed E-state index contributed by atoms with van der Waals surface area (Å²) in [7, 11) is 2.99. The Balaban J connectivity index is 1.46. The third-order valence-electron chi connectivity index (χ3n) is 6.82. The van der Waals surface area contributed by atoms with Gasteiger partial charge in [-0.15, -0.1) is 0 Å². The van der Waals surface area contributed by atoms with Crippen LogP contribution in [0.4, 0.5) is 5.13 Å². The Kier molecular flexibility index (Phi) is 6.97. The van der Waals surface area contributed by atoms with Crippen LogP contribution in [0.5, 0.6) is 0 Å². The molecule has 0 atom stereocenters. The summed E-state index contributed by atoms with van der Waals surface area (Å²) in [5.41, 5.74) is 2.67. The van der Waals surface area contributed by atoms with Gasteiger partial charge in [0.2, 0.25) is 5.91 Å². The van der Waals surface area contributed by atoms with Crippen molar-refractivity contribution in [3.8, 4) is 0 Å². The smallest absolute Gasteiger partial charge is 0.332 e. The molecule has 1 aliphatic heterocycles. The van der Waals surface area contributed by atoms with Crippen molar-refractivity contribution < 1.29 is 9.53 Å². The molecule has 196 valence electrons. The fraction of sp³-hybridized carbons (Fsp3) is 0.480. The van der Waals surface area contributed by atoms with Crippen LogP contribution in [-0.4, -0.2) is 73.9 Å². The summed E-state index contributed by atoms with van der Waals surface area (Å²) in [5, 5.41) is 0.639. The van der Waals surface area contributed by atoms with Gasteiger partial charge < -0.3 is 9.30 Å². The Bertz CT molecular complexity index is 1590. The van der Waals surface area contributed by atoms with Gasteiger partial charge in [-0.1, -0.05) is 17.4 Å². The zero-order valence-corrected chi connectivity index (χ0v) is 22.4. The first-order chi connectivity index (χ1) is 17.7. The Hall–Kier alpha value is -3.35. The van der Waals surface area contributed by atoms with Crippen molar-refractivity contribution >= 4 is 43.8 Å². The second-order valence-corrected chi connectivity index (χ2v) is 10.5. The minimum atomic E-state index is -0.478. The summed E-state index contributed by atoms with van der Waals surface area (Å²) >= 11 is 1.51. The van der Waals surface area contributed by atoms with Crippen molar-refractivity contribution in [3.05, 3.63) is 50.4 Å². The maximum atomic E-state index is 13.7. The largest absolute Gasteiger partial charge is 0.379 e. The minimum absolute atomic E-state index is 0.0879. The third kappa shape index (κ3) is 4.83. The van der Waals surface area contributed by atoms with Crippen LogP contribution in [0.1, 0.15) is 17.5 Å². The molecule has 1 saturated heterocycles. The maximum Gasteiger partial charge on any atom is 0.332 e. The predicted octanol–water partition coefficient (Wildman–Crippen LogP) is 1.42. The number of benzene rings is 1. The zero-order valence-electron chi connectivity index (χ0n) is 21.6. The number of nitrogens with zero attached hydrogens (tertiary/aromatic N) is 7. The highest BCUT2D eigenvalue weighted by Gasteiger charge is 2.23. The van der Waals surface area contributed by atoms with E-state index in [0.29, 0.717) is 11.7 Å². The van der Waals surface area contributed by atoms with Crippen molar-refractivity contribution in [1.29, 1.82) is 0 Å². The molecule has 4 heterocycles. The van der Waals surface area contributed by atoms with Gasteiger partial charge in [0, 0.05) is 40.3 Å². The number of morpholine rings is 1. The van der Waals surface area contributed by atoms with Crippen LogP contribution in [-0.2, 0) is 30.2 Å². The van der Waals surface area contributed by atoms with Gasteiger partial charge in [0.05, 0.1) is 29.8 Å². The van der Waals surface area contributed by atoms with E-state index in [4.69, 9.17) is 9.72 Å². The highest BCUT2D eigenvalue weighted by molar-refractivity contribution is 7.22. The molecule has 5 rings (SSSR count). The molecule has 12 heteroatoms. The number of fused-ring (bicyclic) bond motifs is 2. The topological polar surface area (TPSA) is 107 Å². The summed E-state index contributed by atoms with van der Waals surface area (Å²) in [6.07, 6.45) is 2.22. The molecule has 0 N–H and O–H groups in total. The fourth-order valence-electron chi connectivity index (χ4n) is 4.83. The van der Waals surface area contributed by atoms with Gasteiger partial charge >= 0.3 is 5.69 Å². The average Bonchev–Trinajstić information content (AvgIpc) is 3.49. The molecule has 37 heavy (non-hydrogen) atoms. The number of aromatic nitrogens is 5. The number of amides is 1. The summed E-state index contributed by atoms with van der Waals surface area (Å²) < 4.78 is 10.4. The van der Waals surface area contributed by atoms with Crippen molar-refractivity contribution in [3.63, 3.8) is 0 Å². The average molecular weight is 526 g/mol. The normalized spacial score (nSPS) is 14.6. The van der Waals surface area contributed by atoms with Crippen molar-refractivity contribution in [2.24, 2.45) is 14.1 Å². The fourth-order valence-corrected chi connectivity index (χ4v) is 5.89. The zero-order chi connectivity index (χ0) is 26.3. The molecule has 0 bridgehead atoms. The monoisotopic (exact) mass is 525 g/mol. The van der Waals surface area contributed by atoms with E-state index in [1.807, 2.05) is 13.0 Å². The molecule has 0 unspecified atom stereocenters. The number of hydrogen-bond acceptors (Lipinski definition) is 8. The quantitative estimate of drug-likeness (QED) is 0.359. The second kappa shape index (κ2) is 10.2. The van der Waals surface area contributed by atoms with Gasteiger partial charge in [-0.25, -0.2) is 14.8 Å². The number of rotatable bonds is 7. The van der Waals surface area contributed by atoms with Crippen LogP contribution < -0.4 is 16.1 Å². The number of thiazole rings is 1. The maximum absolute atomic E-state index is 13.7. The molecule has 0 radical (unpaired) electrons. The van der Waals surface area contributed by atoms with Crippen LogP contribution in [0, 0.1) is 13.8 Å². The molecule has 1 fully saturated rings. The molecule has 11 nitrogen and oxygen atoms in total. The first-order valence-electron chi connectivity index (χ1n) is 12.3. The Morgan fingerprint density at radius 3 is 2.65 bits per heavy atom. The van der Waals surface area contributed by atoms with Gasteiger partial charge in [-0.05, 0) is 37.5 Å². The van der Waals surface area contributed by atoms with E-state index < -0.39 is 11.2 Å². The number of aryl methyl sites for hydroxylation is 3. The van der Waals surface area contributed by atoms with Crippen molar-refractivity contribution in [1.82, 2.24) is 28.6 Å². The number of carbonyl (C=O) groups is 1. The summed E-state index contributed by atoms with van der Waals surface area (Å²) in [4.78, 5) is 52.1. The predicted molar refractivity (Wildman–Crippen MR) is 144 cm³/mol. The lowest BCUT2D eigenvalue weighted by atomic mass is 10.1. The van der Waals surface area contributed by atoms with E-state index in [1.165, 1.54) is 33.8 Å². The Morgan fingerprint density at radius 1 is 1.14 bits per heavy atom. The molecule has 0 aliphatic carbocycles. The molecular formula is C25H31N7O4S. The number of hydrogen-bond donors (Lipinski definition) is 0. The lowest BCUT2D eigenvalue weighted by Gasteiger charge is -2.27. The first-order valence-corrected chi connectivity index (χ1v) is 13.2. The summed E-state index contributed by atoms with van der Waals surface area (Å²) in [6, 6.07) is 4.15. The molecule has 3 aromatic heterocycles. The van der Waals surface area contributed by atoms with Gasteiger partial charge in [-0.3, -0.25) is 28.5 Å². The lowest BCUT2D eigenvalue weighted by Crippen LogP contribution is -2.40. The minimum Gasteiger partial charge on any atom is -0.379 e. The highest BCUT2D eigenvalue weighted by atomic mass is 32.1. The first kappa shape index (κ1) is 25.3. The van der Waals surface area contributed by atoms with E-state index in [2.05, 4.69) is 22.9 Å². The van der Waals surface area contributed by atoms with Crippen molar-refractivity contribution in [2.75, 3.05) is 44.3 Å². The molecule has 1 amide bonds. The SMILES string of the molecule is Cc1cc(C)c2sc(N(CCCN3CCOCC3)C(=O)Cn3cnc4c3c(=O)n(C)c(=O)n4C)nc2c1. The van der Waals surface area contributed by atoms with Crippen molar-refractivity contribution in [2.45, 2.75) is 26.8 Å². The molecule has 1 aromatic carbocycles. The Labute approximate surface area is 217 Å². The third-order valence-corrected chi connectivity index (χ3v) is 8.05. The van der Waals surface area contributed by atoms with E-state index in [0.717, 1.165) is 65.2 Å². The van der Waals surface area contributed by atoms with E-state index in [9.17, 15) is 14.4 Å². The van der Waals surface area contributed by atoms with Gasteiger partial charge in [0.25, 0.3) is 5.56 Å². The molecular weight excluding hydrogens is 494 g/mol. The molecule has 0 spiro atoms. The summed E-state index contributed by atoms with van der Waals surface area (Å²) in [6.45, 7) is 8.58. The van der Waals surface area contributed by atoms with Gasteiger partial charge in [-0.2, -0.15) is 0 Å². The lowest BCUT2D eigenvalue weighted by molar-refractivity contribution is -0.119. The van der Waals surface area contributed by atoms with Crippen LogP contribution >= 0.6 is 11.3 Å². The number of anilines is 1. The van der Waals surface area contributed by atoms with E-state index in [1.54, 1.807) is 11.9 Å². The van der Waals surface area contributed by atoms with Crippen LogP contribution in [0.15, 0.2) is 28.0 Å². The highest BCUT2D eigenvalue weighted by Crippen LogP contribution is 2.32. The number of carbonyl (C=O) groups excluding carboxylic acids is 1. The van der Waals surface area contributed by atoms with E-state index >= 15 is 0 Å². The summed E-state index contributed by atoms with van der Waals surface area (Å²) in [5.74, 6) is -0.189. The number of ether oxygens (including phenoxy) is 1. The van der Waals surface area contributed by atoms with E-state index in [-0.39, 0.29) is 23.6 Å². The van der Waals surface area contributed by atoms with Gasteiger partial charge in [0.1, 0.15) is 6.54 Å². The molecule has 1 aliphatic rings. The molecule has 0 saturated carbocycles. The van der Waals surface area contributed by atoms with Gasteiger partial charge in [0.15, 0.2) is 16.3 Å². The number of imidazole rings is 1. The standard InChI is InChI=1S/C25H31N7O4S/c1-16-12-17(2)21-18(13-16)27-24(37-21)32(7-5-6-30-8-10-36-11-9-30)19(33)14-31-15-26-22-20(31)23(34)29(4)25(35)28(22)3/h12-13,15H,5-11,14H2,1-4H3. The van der Waals surface area contributed by atoms with Crippen LogP contribution in [0.2, 0.25) is 0 Å². The Morgan fingerprint density at radius 2 is 1.89 bits per heavy atom.